The van der Waals surface area contributed by atoms with Crippen LogP contribution < -0.4 is 10.2 Å². The van der Waals surface area contributed by atoms with Crippen LogP contribution in [-0.2, 0) is 14.3 Å². The fourth-order valence-electron chi connectivity index (χ4n) is 3.91. The molecule has 0 atom stereocenters. The van der Waals surface area contributed by atoms with Crippen molar-refractivity contribution >= 4 is 23.2 Å². The first-order valence-corrected chi connectivity index (χ1v) is 9.64. The first-order chi connectivity index (χ1) is 12.6. The maximum atomic E-state index is 12.5. The fourth-order valence-corrected chi connectivity index (χ4v) is 3.91. The van der Waals surface area contributed by atoms with Gasteiger partial charge < -0.3 is 19.9 Å². The number of morpholine rings is 1. The summed E-state index contributed by atoms with van der Waals surface area (Å²) in [7, 11) is 0. The first kappa shape index (κ1) is 18.7. The molecule has 0 aromatic heterocycles. The molecule has 2 aliphatic rings. The SMILES string of the molecule is CC(=O)N(CCC(=O)Nc1ccccc1N1CCOCC1)C1CCCC1. The number of amides is 2. The molecule has 1 aromatic rings. The maximum Gasteiger partial charge on any atom is 0.226 e. The van der Waals surface area contributed by atoms with Gasteiger partial charge in [-0.05, 0) is 25.0 Å². The Morgan fingerprint density at radius 1 is 1.19 bits per heavy atom. The summed E-state index contributed by atoms with van der Waals surface area (Å²) >= 11 is 0. The summed E-state index contributed by atoms with van der Waals surface area (Å²) in [6, 6.07) is 8.18. The van der Waals surface area contributed by atoms with Gasteiger partial charge >= 0.3 is 0 Å². The average Bonchev–Trinajstić information content (AvgIpc) is 3.17. The van der Waals surface area contributed by atoms with Crippen molar-refractivity contribution in [3.05, 3.63) is 24.3 Å². The molecule has 1 N–H and O–H groups in total. The van der Waals surface area contributed by atoms with E-state index in [1.165, 1.54) is 12.8 Å². The quantitative estimate of drug-likeness (QED) is 0.848. The number of benzene rings is 1. The van der Waals surface area contributed by atoms with Crippen LogP contribution in [0.3, 0.4) is 0 Å². The maximum absolute atomic E-state index is 12.5. The molecule has 2 amide bonds. The van der Waals surface area contributed by atoms with Gasteiger partial charge in [-0.15, -0.1) is 0 Å². The number of anilines is 2. The van der Waals surface area contributed by atoms with Gasteiger partial charge in [0.05, 0.1) is 24.6 Å². The van der Waals surface area contributed by atoms with E-state index in [1.54, 1.807) is 6.92 Å². The highest BCUT2D eigenvalue weighted by atomic mass is 16.5. The van der Waals surface area contributed by atoms with E-state index in [2.05, 4.69) is 10.2 Å². The second-order valence-electron chi connectivity index (χ2n) is 7.07. The van der Waals surface area contributed by atoms with Crippen molar-refractivity contribution in [2.24, 2.45) is 0 Å². The van der Waals surface area contributed by atoms with Crippen LogP contribution in [0, 0.1) is 0 Å². The number of hydrogen-bond acceptors (Lipinski definition) is 4. The Kier molecular flexibility index (Phi) is 6.50. The molecular formula is C20H29N3O3. The van der Waals surface area contributed by atoms with Crippen LogP contribution in [0.1, 0.15) is 39.0 Å². The molecule has 1 heterocycles. The van der Waals surface area contributed by atoms with Crippen molar-refractivity contribution in [3.8, 4) is 0 Å². The smallest absolute Gasteiger partial charge is 0.226 e. The van der Waals surface area contributed by atoms with E-state index in [9.17, 15) is 9.59 Å². The first-order valence-electron chi connectivity index (χ1n) is 9.64. The zero-order chi connectivity index (χ0) is 18.4. The van der Waals surface area contributed by atoms with Gasteiger partial charge in [0.1, 0.15) is 0 Å². The van der Waals surface area contributed by atoms with Gasteiger partial charge in [-0.2, -0.15) is 0 Å². The third-order valence-electron chi connectivity index (χ3n) is 5.28. The van der Waals surface area contributed by atoms with Crippen molar-refractivity contribution in [2.75, 3.05) is 43.1 Å². The lowest BCUT2D eigenvalue weighted by Gasteiger charge is -2.30. The molecule has 0 radical (unpaired) electrons. The van der Waals surface area contributed by atoms with Gasteiger partial charge in [0.2, 0.25) is 11.8 Å². The summed E-state index contributed by atoms with van der Waals surface area (Å²) in [5, 5.41) is 3.03. The molecule has 1 aliphatic carbocycles. The van der Waals surface area contributed by atoms with Gasteiger partial charge in [-0.1, -0.05) is 25.0 Å². The molecule has 0 unspecified atom stereocenters. The summed E-state index contributed by atoms with van der Waals surface area (Å²) in [6.07, 6.45) is 4.79. The van der Waals surface area contributed by atoms with Crippen LogP contribution in [0.25, 0.3) is 0 Å². The minimum absolute atomic E-state index is 0.0463. The Balaban J connectivity index is 1.58. The third kappa shape index (κ3) is 4.75. The highest BCUT2D eigenvalue weighted by molar-refractivity contribution is 5.94. The second kappa shape index (κ2) is 9.03. The molecule has 142 valence electrons. The Bertz CT molecular complexity index is 622. The normalized spacial score (nSPS) is 18.0. The van der Waals surface area contributed by atoms with Crippen LogP contribution in [-0.4, -0.2) is 55.6 Å². The number of para-hydroxylation sites is 2. The van der Waals surface area contributed by atoms with Gasteiger partial charge in [0, 0.05) is 39.0 Å². The minimum atomic E-state index is -0.0463. The molecule has 0 bridgehead atoms. The number of nitrogens with zero attached hydrogens (tertiary/aromatic N) is 2. The number of ether oxygens (including phenoxy) is 1. The van der Waals surface area contributed by atoms with Gasteiger partial charge in [0.25, 0.3) is 0 Å². The van der Waals surface area contributed by atoms with Crippen molar-refractivity contribution in [1.82, 2.24) is 4.90 Å². The standard InChI is InChI=1S/C20H29N3O3/c1-16(24)23(17-6-2-3-7-17)11-10-20(25)21-18-8-4-5-9-19(18)22-12-14-26-15-13-22/h4-5,8-9,17H,2-3,6-7,10-15H2,1H3,(H,21,25). The topological polar surface area (TPSA) is 61.9 Å². The van der Waals surface area contributed by atoms with E-state index in [-0.39, 0.29) is 11.8 Å². The summed E-state index contributed by atoms with van der Waals surface area (Å²) in [5.41, 5.74) is 1.86. The number of nitrogens with one attached hydrogen (secondary N) is 1. The molecular weight excluding hydrogens is 330 g/mol. The van der Waals surface area contributed by atoms with Crippen LogP contribution in [0.5, 0.6) is 0 Å². The van der Waals surface area contributed by atoms with E-state index in [0.29, 0.717) is 32.2 Å². The van der Waals surface area contributed by atoms with Crippen LogP contribution in [0.2, 0.25) is 0 Å². The average molecular weight is 359 g/mol. The Morgan fingerprint density at radius 3 is 2.58 bits per heavy atom. The van der Waals surface area contributed by atoms with Gasteiger partial charge in [-0.25, -0.2) is 0 Å². The third-order valence-corrected chi connectivity index (χ3v) is 5.28. The molecule has 6 nitrogen and oxygen atoms in total. The van der Waals surface area contributed by atoms with Crippen LogP contribution in [0.4, 0.5) is 11.4 Å². The predicted octanol–water partition coefficient (Wildman–Crippen LogP) is 2.64. The van der Waals surface area contributed by atoms with Crippen molar-refractivity contribution < 1.29 is 14.3 Å². The van der Waals surface area contributed by atoms with Crippen molar-refractivity contribution in [2.45, 2.75) is 45.1 Å². The fraction of sp³-hybridized carbons (Fsp3) is 0.600. The summed E-state index contributed by atoms with van der Waals surface area (Å²) in [6.45, 7) is 5.16. The molecule has 1 aliphatic heterocycles. The van der Waals surface area contributed by atoms with Crippen LogP contribution >= 0.6 is 0 Å². The molecule has 6 heteroatoms. The molecule has 1 saturated heterocycles. The largest absolute Gasteiger partial charge is 0.378 e. The van der Waals surface area contributed by atoms with Gasteiger partial charge in [-0.3, -0.25) is 9.59 Å². The molecule has 2 fully saturated rings. The number of rotatable bonds is 6. The zero-order valence-electron chi connectivity index (χ0n) is 15.6. The lowest BCUT2D eigenvalue weighted by atomic mass is 10.2. The van der Waals surface area contributed by atoms with E-state index < -0.39 is 0 Å². The van der Waals surface area contributed by atoms with E-state index in [4.69, 9.17) is 4.74 Å². The van der Waals surface area contributed by atoms with Crippen LogP contribution in [0.15, 0.2) is 24.3 Å². The van der Waals surface area contributed by atoms with E-state index in [0.717, 1.165) is 37.3 Å². The zero-order valence-corrected chi connectivity index (χ0v) is 15.6. The number of carbonyl (C=O) groups excluding carboxylic acids is 2. The minimum Gasteiger partial charge on any atom is -0.378 e. The van der Waals surface area contributed by atoms with E-state index in [1.807, 2.05) is 29.2 Å². The Morgan fingerprint density at radius 2 is 1.88 bits per heavy atom. The summed E-state index contributed by atoms with van der Waals surface area (Å²) in [4.78, 5) is 28.5. The molecule has 1 aromatic carbocycles. The molecule has 3 rings (SSSR count). The number of hydrogen-bond donors (Lipinski definition) is 1. The summed E-state index contributed by atoms with van der Waals surface area (Å²) < 4.78 is 5.41. The predicted molar refractivity (Wildman–Crippen MR) is 102 cm³/mol. The highest BCUT2D eigenvalue weighted by Gasteiger charge is 2.25. The Hall–Kier alpha value is -2.08. The monoisotopic (exact) mass is 359 g/mol. The lowest BCUT2D eigenvalue weighted by molar-refractivity contribution is -0.131. The summed E-state index contributed by atoms with van der Waals surface area (Å²) in [5.74, 6) is 0.0216. The van der Waals surface area contributed by atoms with Gasteiger partial charge in [0.15, 0.2) is 0 Å². The van der Waals surface area contributed by atoms with E-state index >= 15 is 0 Å². The second-order valence-corrected chi connectivity index (χ2v) is 7.07. The molecule has 0 spiro atoms. The number of carbonyl (C=O) groups is 2. The van der Waals surface area contributed by atoms with Crippen molar-refractivity contribution in [1.29, 1.82) is 0 Å². The van der Waals surface area contributed by atoms with Crippen molar-refractivity contribution in [3.63, 3.8) is 0 Å². The Labute approximate surface area is 155 Å². The molecule has 1 saturated carbocycles. The molecule has 26 heavy (non-hydrogen) atoms. The highest BCUT2D eigenvalue weighted by Crippen LogP contribution is 2.27. The lowest BCUT2D eigenvalue weighted by Crippen LogP contribution is -2.39.